The smallest absolute Gasteiger partial charge is 0.179 e. The van der Waals surface area contributed by atoms with E-state index in [1.165, 1.54) is 0 Å². The number of carbonyl (C=O) groups is 1. The topological polar surface area (TPSA) is 29.1 Å². The van der Waals surface area contributed by atoms with Crippen molar-refractivity contribution in [3.63, 3.8) is 0 Å². The van der Waals surface area contributed by atoms with Gasteiger partial charge in [0.2, 0.25) is 0 Å². The number of hydrogen-bond donors (Lipinski definition) is 1. The maximum atomic E-state index is 12.3. The second kappa shape index (κ2) is 7.13. The molecule has 0 aliphatic heterocycles. The lowest BCUT2D eigenvalue weighted by atomic mass is 9.98. The lowest BCUT2D eigenvalue weighted by Gasteiger charge is -2.27. The zero-order valence-corrected chi connectivity index (χ0v) is 12.9. The highest BCUT2D eigenvalue weighted by molar-refractivity contribution is 6.31. The van der Waals surface area contributed by atoms with Gasteiger partial charge in [0, 0.05) is 16.1 Å². The Morgan fingerprint density at radius 2 is 2.00 bits per heavy atom. The standard InChI is InChI=1S/C14H20ClNO.ClH/c1-5-12(16-14(2,3)4)13(17)10-7-6-8-11(15)9-10;/h6-9,12,16H,5H2,1-4H3;1H. The SMILES string of the molecule is CCC(NC(C)(C)C)C(=O)c1cccc(Cl)c1.Cl. The molecule has 1 atom stereocenters. The fourth-order valence-electron chi connectivity index (χ4n) is 1.72. The van der Waals surface area contributed by atoms with Crippen molar-refractivity contribution in [1.29, 1.82) is 0 Å². The third-order valence-electron chi connectivity index (χ3n) is 2.44. The molecule has 0 aliphatic rings. The van der Waals surface area contributed by atoms with Gasteiger partial charge < -0.3 is 5.32 Å². The van der Waals surface area contributed by atoms with Crippen LogP contribution in [0.15, 0.2) is 24.3 Å². The molecule has 1 aromatic rings. The first-order valence-electron chi connectivity index (χ1n) is 5.91. The molecule has 0 amide bonds. The predicted octanol–water partition coefficient (Wildman–Crippen LogP) is 4.11. The van der Waals surface area contributed by atoms with E-state index in [2.05, 4.69) is 26.1 Å². The Balaban J connectivity index is 0.00000289. The Morgan fingerprint density at radius 1 is 1.39 bits per heavy atom. The molecule has 1 aromatic carbocycles. The normalized spacial score (nSPS) is 12.7. The molecule has 0 fully saturated rings. The number of benzene rings is 1. The molecule has 0 bridgehead atoms. The van der Waals surface area contributed by atoms with Crippen LogP contribution in [0.5, 0.6) is 0 Å². The Kier molecular flexibility index (Phi) is 6.90. The second-order valence-electron chi connectivity index (χ2n) is 5.23. The Bertz CT molecular complexity index is 399. The van der Waals surface area contributed by atoms with E-state index in [1.807, 2.05) is 6.92 Å². The molecular formula is C14H21Cl2NO. The van der Waals surface area contributed by atoms with Crippen molar-refractivity contribution >= 4 is 29.8 Å². The molecule has 4 heteroatoms. The van der Waals surface area contributed by atoms with Crippen LogP contribution in [-0.2, 0) is 0 Å². The summed E-state index contributed by atoms with van der Waals surface area (Å²) in [4.78, 5) is 12.3. The molecule has 2 nitrogen and oxygen atoms in total. The molecule has 0 aliphatic carbocycles. The molecule has 0 aromatic heterocycles. The summed E-state index contributed by atoms with van der Waals surface area (Å²) in [6.07, 6.45) is 0.766. The summed E-state index contributed by atoms with van der Waals surface area (Å²) in [6.45, 7) is 8.18. The van der Waals surface area contributed by atoms with Crippen LogP contribution in [0.1, 0.15) is 44.5 Å². The summed E-state index contributed by atoms with van der Waals surface area (Å²) in [5.41, 5.74) is 0.593. The van der Waals surface area contributed by atoms with Crippen molar-refractivity contribution < 1.29 is 4.79 Å². The Morgan fingerprint density at radius 3 is 2.44 bits per heavy atom. The minimum Gasteiger partial charge on any atom is -0.302 e. The Hall–Kier alpha value is -0.570. The average molecular weight is 290 g/mol. The summed E-state index contributed by atoms with van der Waals surface area (Å²) in [5, 5.41) is 3.93. The molecule has 0 radical (unpaired) electrons. The molecule has 1 unspecified atom stereocenters. The molecule has 1 N–H and O–H groups in total. The largest absolute Gasteiger partial charge is 0.302 e. The number of nitrogens with one attached hydrogen (secondary N) is 1. The van der Waals surface area contributed by atoms with Crippen molar-refractivity contribution in [2.45, 2.75) is 45.7 Å². The molecule has 0 spiro atoms. The quantitative estimate of drug-likeness (QED) is 0.845. The van der Waals surface area contributed by atoms with Crippen molar-refractivity contribution in [3.05, 3.63) is 34.9 Å². The third-order valence-corrected chi connectivity index (χ3v) is 2.68. The van der Waals surface area contributed by atoms with Crippen molar-refractivity contribution in [2.24, 2.45) is 0 Å². The van der Waals surface area contributed by atoms with Crippen LogP contribution >= 0.6 is 24.0 Å². The third kappa shape index (κ3) is 5.38. The number of halogens is 2. The Labute approximate surface area is 121 Å². The molecule has 0 saturated heterocycles. The van der Waals surface area contributed by atoms with Crippen LogP contribution in [0.25, 0.3) is 0 Å². The molecule has 1 rings (SSSR count). The van der Waals surface area contributed by atoms with Gasteiger partial charge in [-0.1, -0.05) is 30.7 Å². The van der Waals surface area contributed by atoms with E-state index in [0.717, 1.165) is 6.42 Å². The van der Waals surface area contributed by atoms with Crippen LogP contribution in [0.4, 0.5) is 0 Å². The van der Waals surface area contributed by atoms with Gasteiger partial charge in [0.25, 0.3) is 0 Å². The van der Waals surface area contributed by atoms with E-state index in [0.29, 0.717) is 10.6 Å². The number of Topliss-reactive ketones (excluding diaryl/α,β-unsaturated/α-hetero) is 1. The van der Waals surface area contributed by atoms with Crippen molar-refractivity contribution in [2.75, 3.05) is 0 Å². The maximum absolute atomic E-state index is 12.3. The van der Waals surface area contributed by atoms with Crippen LogP contribution in [0.3, 0.4) is 0 Å². The summed E-state index contributed by atoms with van der Waals surface area (Å²) in [6, 6.07) is 6.95. The molecular weight excluding hydrogens is 269 g/mol. The second-order valence-corrected chi connectivity index (χ2v) is 5.67. The molecule has 0 heterocycles. The van der Waals surface area contributed by atoms with Gasteiger partial charge in [-0.3, -0.25) is 4.79 Å². The lowest BCUT2D eigenvalue weighted by molar-refractivity contribution is 0.0923. The first kappa shape index (κ1) is 17.4. The maximum Gasteiger partial charge on any atom is 0.179 e. The summed E-state index contributed by atoms with van der Waals surface area (Å²) in [7, 11) is 0. The zero-order valence-electron chi connectivity index (χ0n) is 11.3. The highest BCUT2D eigenvalue weighted by atomic mass is 35.5. The fourth-order valence-corrected chi connectivity index (χ4v) is 1.91. The van der Waals surface area contributed by atoms with Gasteiger partial charge in [0.1, 0.15) is 0 Å². The molecule has 102 valence electrons. The molecule has 18 heavy (non-hydrogen) atoms. The van der Waals surface area contributed by atoms with Gasteiger partial charge in [-0.15, -0.1) is 12.4 Å². The minimum atomic E-state index is -0.159. The van der Waals surface area contributed by atoms with Gasteiger partial charge >= 0.3 is 0 Å². The average Bonchev–Trinajstić information content (AvgIpc) is 2.23. The van der Waals surface area contributed by atoms with Gasteiger partial charge in [-0.25, -0.2) is 0 Å². The van der Waals surface area contributed by atoms with Crippen LogP contribution in [0.2, 0.25) is 5.02 Å². The van der Waals surface area contributed by atoms with Crippen LogP contribution in [0, 0.1) is 0 Å². The fraction of sp³-hybridized carbons (Fsp3) is 0.500. The van der Waals surface area contributed by atoms with E-state index in [9.17, 15) is 4.79 Å². The van der Waals surface area contributed by atoms with Gasteiger partial charge in [-0.2, -0.15) is 0 Å². The number of rotatable bonds is 4. The lowest BCUT2D eigenvalue weighted by Crippen LogP contribution is -2.47. The predicted molar refractivity (Wildman–Crippen MR) is 80.0 cm³/mol. The van der Waals surface area contributed by atoms with E-state index >= 15 is 0 Å². The van der Waals surface area contributed by atoms with Crippen molar-refractivity contribution in [1.82, 2.24) is 5.32 Å². The van der Waals surface area contributed by atoms with Crippen molar-refractivity contribution in [3.8, 4) is 0 Å². The summed E-state index contributed by atoms with van der Waals surface area (Å²) >= 11 is 5.90. The van der Waals surface area contributed by atoms with Gasteiger partial charge in [-0.05, 0) is 39.3 Å². The number of hydrogen-bond acceptors (Lipinski definition) is 2. The molecule has 0 saturated carbocycles. The monoisotopic (exact) mass is 289 g/mol. The first-order valence-corrected chi connectivity index (χ1v) is 6.29. The zero-order chi connectivity index (χ0) is 13.1. The van der Waals surface area contributed by atoms with E-state index < -0.39 is 0 Å². The number of ketones is 1. The minimum absolute atomic E-state index is 0. The highest BCUT2D eigenvalue weighted by Gasteiger charge is 2.23. The van der Waals surface area contributed by atoms with Gasteiger partial charge in [0.15, 0.2) is 5.78 Å². The summed E-state index contributed by atoms with van der Waals surface area (Å²) < 4.78 is 0. The van der Waals surface area contributed by atoms with E-state index in [-0.39, 0.29) is 29.8 Å². The van der Waals surface area contributed by atoms with Crippen LogP contribution in [-0.4, -0.2) is 17.4 Å². The van der Waals surface area contributed by atoms with Crippen LogP contribution < -0.4 is 5.32 Å². The highest BCUT2D eigenvalue weighted by Crippen LogP contribution is 2.15. The van der Waals surface area contributed by atoms with E-state index in [1.54, 1.807) is 24.3 Å². The number of carbonyl (C=O) groups excluding carboxylic acids is 1. The van der Waals surface area contributed by atoms with Gasteiger partial charge in [0.05, 0.1) is 6.04 Å². The first-order chi connectivity index (χ1) is 7.83. The summed E-state index contributed by atoms with van der Waals surface area (Å²) in [5.74, 6) is 0.102. The van der Waals surface area contributed by atoms with E-state index in [4.69, 9.17) is 11.6 Å².